The molecule has 2 aromatic carbocycles. The third kappa shape index (κ3) is 2.82. The van der Waals surface area contributed by atoms with Gasteiger partial charge in [-0.2, -0.15) is 0 Å². The Hall–Kier alpha value is -1.74. The van der Waals surface area contributed by atoms with Gasteiger partial charge in [0, 0.05) is 9.79 Å². The maximum absolute atomic E-state index is 11.2. The molecule has 0 saturated heterocycles. The van der Waals surface area contributed by atoms with Crippen LogP contribution < -0.4 is 0 Å². The monoisotopic (exact) mass is 270 g/mol. The van der Waals surface area contributed by atoms with Crippen molar-refractivity contribution in [2.24, 2.45) is 0 Å². The van der Waals surface area contributed by atoms with Gasteiger partial charge in [0.2, 0.25) is 0 Å². The minimum atomic E-state index is -0.877. The van der Waals surface area contributed by atoms with Crippen molar-refractivity contribution in [1.82, 2.24) is 0 Å². The topological polar surface area (TPSA) is 37.3 Å². The average molecular weight is 270 g/mol. The normalized spacial score (nSPS) is 14.3. The van der Waals surface area contributed by atoms with Gasteiger partial charge >= 0.3 is 5.97 Å². The van der Waals surface area contributed by atoms with E-state index in [0.717, 1.165) is 15.7 Å². The van der Waals surface area contributed by atoms with Gasteiger partial charge in [0.05, 0.1) is 5.56 Å². The first-order valence-electron chi connectivity index (χ1n) is 6.34. The van der Waals surface area contributed by atoms with Gasteiger partial charge in [0.1, 0.15) is 0 Å². The van der Waals surface area contributed by atoms with Gasteiger partial charge in [0.25, 0.3) is 0 Å². The minimum absolute atomic E-state index is 0.360. The quantitative estimate of drug-likeness (QED) is 0.894. The van der Waals surface area contributed by atoms with Crippen LogP contribution in [0.1, 0.15) is 34.7 Å². The highest BCUT2D eigenvalue weighted by Crippen LogP contribution is 2.41. The summed E-state index contributed by atoms with van der Waals surface area (Å²) in [5.41, 5.74) is 1.76. The summed E-state index contributed by atoms with van der Waals surface area (Å²) in [6, 6.07) is 15.6. The summed E-state index contributed by atoms with van der Waals surface area (Å²) in [6.45, 7) is 0. The highest BCUT2D eigenvalue weighted by molar-refractivity contribution is 7.99. The van der Waals surface area contributed by atoms with E-state index in [9.17, 15) is 4.79 Å². The fourth-order valence-corrected chi connectivity index (χ4v) is 3.02. The zero-order valence-electron chi connectivity index (χ0n) is 10.4. The number of hydrogen-bond acceptors (Lipinski definition) is 2. The molecule has 96 valence electrons. The molecule has 2 nitrogen and oxygen atoms in total. The third-order valence-corrected chi connectivity index (χ3v) is 4.36. The summed E-state index contributed by atoms with van der Waals surface area (Å²) in [5.74, 6) is -0.122. The number of benzene rings is 2. The summed E-state index contributed by atoms with van der Waals surface area (Å²) >= 11 is 1.50. The van der Waals surface area contributed by atoms with Crippen LogP contribution in [0.3, 0.4) is 0 Å². The molecule has 2 aromatic rings. The second-order valence-electron chi connectivity index (χ2n) is 4.75. The Bertz CT molecular complexity index is 600. The molecule has 0 aliphatic heterocycles. The van der Waals surface area contributed by atoms with Crippen LogP contribution in [-0.2, 0) is 0 Å². The van der Waals surface area contributed by atoms with Gasteiger partial charge in [-0.1, -0.05) is 36.0 Å². The first-order valence-corrected chi connectivity index (χ1v) is 7.16. The van der Waals surface area contributed by atoms with Gasteiger partial charge in [-0.25, -0.2) is 4.79 Å². The Labute approximate surface area is 116 Å². The van der Waals surface area contributed by atoms with Crippen LogP contribution in [0.4, 0.5) is 0 Å². The van der Waals surface area contributed by atoms with Crippen molar-refractivity contribution in [3.05, 3.63) is 59.7 Å². The molecule has 0 unspecified atom stereocenters. The third-order valence-electron chi connectivity index (χ3n) is 3.27. The van der Waals surface area contributed by atoms with Crippen molar-refractivity contribution in [3.63, 3.8) is 0 Å². The molecule has 0 spiro atoms. The fraction of sp³-hybridized carbons (Fsp3) is 0.188. The first-order chi connectivity index (χ1) is 9.24. The number of carboxylic acids is 1. The fourth-order valence-electron chi connectivity index (χ4n) is 2.08. The Morgan fingerprint density at radius 1 is 1.05 bits per heavy atom. The molecule has 1 aliphatic rings. The first kappa shape index (κ1) is 12.3. The molecule has 1 saturated carbocycles. The molecular weight excluding hydrogens is 256 g/mol. The molecular formula is C16H14O2S. The van der Waals surface area contributed by atoms with Gasteiger partial charge in [0.15, 0.2) is 0 Å². The molecule has 1 N–H and O–H groups in total. The number of carbonyl (C=O) groups is 1. The lowest BCUT2D eigenvalue weighted by Crippen LogP contribution is -1.97. The van der Waals surface area contributed by atoms with Crippen molar-refractivity contribution >= 4 is 17.7 Å². The van der Waals surface area contributed by atoms with Crippen LogP contribution in [0, 0.1) is 0 Å². The van der Waals surface area contributed by atoms with Crippen LogP contribution in [0.2, 0.25) is 0 Å². The maximum atomic E-state index is 11.2. The zero-order valence-corrected chi connectivity index (χ0v) is 11.2. The smallest absolute Gasteiger partial charge is 0.336 e. The van der Waals surface area contributed by atoms with Crippen LogP contribution in [0.5, 0.6) is 0 Å². The van der Waals surface area contributed by atoms with Gasteiger partial charge in [-0.15, -0.1) is 0 Å². The van der Waals surface area contributed by atoms with Crippen LogP contribution in [-0.4, -0.2) is 11.1 Å². The zero-order chi connectivity index (χ0) is 13.2. The Morgan fingerprint density at radius 2 is 1.74 bits per heavy atom. The molecule has 0 radical (unpaired) electrons. The molecule has 0 bridgehead atoms. The summed E-state index contributed by atoms with van der Waals surface area (Å²) in [4.78, 5) is 13.0. The van der Waals surface area contributed by atoms with E-state index in [-0.39, 0.29) is 0 Å². The lowest BCUT2D eigenvalue weighted by Gasteiger charge is -2.06. The SMILES string of the molecule is O=C(O)c1ccccc1Sc1ccc(C2CC2)cc1. The molecule has 19 heavy (non-hydrogen) atoms. The molecule has 0 aromatic heterocycles. The maximum Gasteiger partial charge on any atom is 0.336 e. The lowest BCUT2D eigenvalue weighted by atomic mass is 10.1. The van der Waals surface area contributed by atoms with Crippen molar-refractivity contribution in [3.8, 4) is 0 Å². The van der Waals surface area contributed by atoms with Crippen LogP contribution >= 0.6 is 11.8 Å². The van der Waals surface area contributed by atoms with Gasteiger partial charge < -0.3 is 5.11 Å². The van der Waals surface area contributed by atoms with Crippen LogP contribution in [0.15, 0.2) is 58.3 Å². The van der Waals surface area contributed by atoms with E-state index in [1.807, 2.05) is 12.1 Å². The largest absolute Gasteiger partial charge is 0.478 e. The van der Waals surface area contributed by atoms with Crippen LogP contribution in [0.25, 0.3) is 0 Å². The second-order valence-corrected chi connectivity index (χ2v) is 5.86. The van der Waals surface area contributed by atoms with Crippen molar-refractivity contribution in [2.75, 3.05) is 0 Å². The van der Waals surface area contributed by atoms with Crippen molar-refractivity contribution in [1.29, 1.82) is 0 Å². The van der Waals surface area contributed by atoms with Crippen molar-refractivity contribution in [2.45, 2.75) is 28.6 Å². The Balaban J connectivity index is 1.82. The number of aromatic carboxylic acids is 1. The second kappa shape index (κ2) is 5.10. The molecule has 3 heteroatoms. The number of rotatable bonds is 4. The summed E-state index contributed by atoms with van der Waals surface area (Å²) in [6.07, 6.45) is 2.60. The van der Waals surface area contributed by atoms with E-state index in [1.54, 1.807) is 12.1 Å². The van der Waals surface area contributed by atoms with Crippen molar-refractivity contribution < 1.29 is 9.90 Å². The van der Waals surface area contributed by atoms with Gasteiger partial charge in [-0.05, 0) is 48.6 Å². The molecule has 0 atom stereocenters. The Kier molecular flexibility index (Phi) is 3.30. The van der Waals surface area contributed by atoms with E-state index in [4.69, 9.17) is 5.11 Å². The van der Waals surface area contributed by atoms with E-state index < -0.39 is 5.97 Å². The van der Waals surface area contributed by atoms with Gasteiger partial charge in [-0.3, -0.25) is 0 Å². The average Bonchev–Trinajstić information content (AvgIpc) is 3.24. The van der Waals surface area contributed by atoms with E-state index >= 15 is 0 Å². The summed E-state index contributed by atoms with van der Waals surface area (Å²) in [5, 5.41) is 9.16. The molecule has 0 heterocycles. The van der Waals surface area contributed by atoms with E-state index in [2.05, 4.69) is 24.3 Å². The molecule has 1 aliphatic carbocycles. The standard InChI is InChI=1S/C16H14O2S/c17-16(18)14-3-1-2-4-15(14)19-13-9-7-12(8-10-13)11-5-6-11/h1-4,7-11H,5-6H2,(H,17,18). The molecule has 1 fully saturated rings. The Morgan fingerprint density at radius 3 is 2.37 bits per heavy atom. The number of hydrogen-bond donors (Lipinski definition) is 1. The molecule has 3 rings (SSSR count). The lowest BCUT2D eigenvalue weighted by molar-refractivity contribution is 0.0693. The molecule has 0 amide bonds. The minimum Gasteiger partial charge on any atom is -0.478 e. The summed E-state index contributed by atoms with van der Waals surface area (Å²) in [7, 11) is 0. The number of carboxylic acid groups (broad SMARTS) is 1. The highest BCUT2D eigenvalue weighted by Gasteiger charge is 2.23. The predicted molar refractivity (Wildman–Crippen MR) is 75.9 cm³/mol. The van der Waals surface area contributed by atoms with E-state index in [1.165, 1.54) is 30.2 Å². The summed E-state index contributed by atoms with van der Waals surface area (Å²) < 4.78 is 0. The predicted octanol–water partition coefficient (Wildman–Crippen LogP) is 4.41. The van der Waals surface area contributed by atoms with E-state index in [0.29, 0.717) is 5.56 Å². The highest BCUT2D eigenvalue weighted by atomic mass is 32.2.